The summed E-state index contributed by atoms with van der Waals surface area (Å²) in [5.74, 6) is -1.67. The average molecular weight is 496 g/mol. The highest BCUT2D eigenvalue weighted by atomic mass is 16.5. The molecular weight excluding hydrogens is 462 g/mol. The SMILES string of the molecule is Cc1cc(C#N)ccc1C1=CCN(C(=O)[C@@H]2NC[C@@H](CC(=O)N3CCOCC3)C[C@H]2C(=O)NO)CC1. The molecule has 3 aliphatic heterocycles. The van der Waals surface area contributed by atoms with Gasteiger partial charge in [-0.3, -0.25) is 19.6 Å². The summed E-state index contributed by atoms with van der Waals surface area (Å²) in [4.78, 5) is 42.1. The Hall–Kier alpha value is -3.26. The molecule has 2 fully saturated rings. The first-order valence-electron chi connectivity index (χ1n) is 12.4. The molecule has 4 rings (SSSR count). The Balaban J connectivity index is 1.39. The van der Waals surface area contributed by atoms with Gasteiger partial charge in [0.1, 0.15) is 0 Å². The Kier molecular flexibility index (Phi) is 8.36. The van der Waals surface area contributed by atoms with Crippen molar-refractivity contribution in [3.8, 4) is 6.07 Å². The summed E-state index contributed by atoms with van der Waals surface area (Å²) >= 11 is 0. The molecule has 0 unspecified atom stereocenters. The number of nitrogens with zero attached hydrogens (tertiary/aromatic N) is 3. The third kappa shape index (κ3) is 5.75. The minimum absolute atomic E-state index is 0.0184. The van der Waals surface area contributed by atoms with Crippen molar-refractivity contribution in [2.24, 2.45) is 11.8 Å². The van der Waals surface area contributed by atoms with Gasteiger partial charge in [0.05, 0.1) is 36.8 Å². The van der Waals surface area contributed by atoms with Gasteiger partial charge in [-0.15, -0.1) is 0 Å². The smallest absolute Gasteiger partial charge is 0.248 e. The van der Waals surface area contributed by atoms with Crippen molar-refractivity contribution in [1.29, 1.82) is 5.26 Å². The quantitative estimate of drug-likeness (QED) is 0.407. The number of piperidine rings is 1. The van der Waals surface area contributed by atoms with Gasteiger partial charge in [0, 0.05) is 32.6 Å². The molecule has 10 heteroatoms. The fourth-order valence-corrected chi connectivity index (χ4v) is 5.36. The Morgan fingerprint density at radius 1 is 1.22 bits per heavy atom. The van der Waals surface area contributed by atoms with Crippen molar-refractivity contribution in [3.05, 3.63) is 41.0 Å². The Labute approximate surface area is 210 Å². The molecule has 3 N–H and O–H groups in total. The lowest BCUT2D eigenvalue weighted by Crippen LogP contribution is -2.59. The minimum Gasteiger partial charge on any atom is -0.378 e. The van der Waals surface area contributed by atoms with E-state index in [9.17, 15) is 19.6 Å². The summed E-state index contributed by atoms with van der Waals surface area (Å²) in [7, 11) is 0. The lowest BCUT2D eigenvalue weighted by Gasteiger charge is -2.39. The first-order chi connectivity index (χ1) is 17.4. The molecule has 3 aliphatic rings. The number of aryl methyl sites for hydroxylation is 1. The second-order valence-electron chi connectivity index (χ2n) is 9.67. The summed E-state index contributed by atoms with van der Waals surface area (Å²) in [6, 6.07) is 6.98. The van der Waals surface area contributed by atoms with E-state index in [1.165, 1.54) is 0 Å². The summed E-state index contributed by atoms with van der Waals surface area (Å²) in [6.45, 7) is 5.52. The van der Waals surface area contributed by atoms with Crippen LogP contribution in [0, 0.1) is 30.1 Å². The summed E-state index contributed by atoms with van der Waals surface area (Å²) in [5.41, 5.74) is 5.54. The molecule has 0 spiro atoms. The van der Waals surface area contributed by atoms with Crippen LogP contribution in [-0.2, 0) is 19.1 Å². The van der Waals surface area contributed by atoms with Crippen molar-refractivity contribution in [1.82, 2.24) is 20.6 Å². The molecule has 0 aliphatic carbocycles. The zero-order valence-corrected chi connectivity index (χ0v) is 20.5. The van der Waals surface area contributed by atoms with E-state index >= 15 is 0 Å². The third-order valence-corrected chi connectivity index (χ3v) is 7.38. The molecule has 0 radical (unpaired) electrons. The molecule has 1 aromatic carbocycles. The maximum Gasteiger partial charge on any atom is 0.248 e. The van der Waals surface area contributed by atoms with Crippen LogP contribution >= 0.6 is 0 Å². The number of amides is 3. The summed E-state index contributed by atoms with van der Waals surface area (Å²) in [5, 5.41) is 21.6. The van der Waals surface area contributed by atoms with Crippen LogP contribution in [0.5, 0.6) is 0 Å². The van der Waals surface area contributed by atoms with Crippen LogP contribution in [0.2, 0.25) is 0 Å². The van der Waals surface area contributed by atoms with Gasteiger partial charge in [-0.25, -0.2) is 5.48 Å². The lowest BCUT2D eigenvalue weighted by atomic mass is 9.81. The zero-order chi connectivity index (χ0) is 25.7. The standard InChI is InChI=1S/C26H33N5O5/c1-17-12-18(15-27)2-3-21(17)20-4-6-31(7-5-20)26(34)24-22(25(33)29-35)13-19(16-28-24)14-23(32)30-8-10-36-11-9-30/h2-4,12,19,22,24,28,35H,5-11,13-14,16H2,1H3,(H,29,33)/t19-,22-,24-/m1/s1. The van der Waals surface area contributed by atoms with Gasteiger partial charge in [-0.2, -0.15) is 5.26 Å². The number of nitriles is 1. The molecule has 0 aromatic heterocycles. The van der Waals surface area contributed by atoms with E-state index in [0.29, 0.717) is 64.3 Å². The zero-order valence-electron chi connectivity index (χ0n) is 20.5. The van der Waals surface area contributed by atoms with E-state index in [2.05, 4.69) is 11.4 Å². The first-order valence-corrected chi connectivity index (χ1v) is 12.4. The number of morpholine rings is 1. The van der Waals surface area contributed by atoms with Crippen molar-refractivity contribution in [2.75, 3.05) is 45.9 Å². The van der Waals surface area contributed by atoms with E-state index in [4.69, 9.17) is 10.00 Å². The number of hydrogen-bond acceptors (Lipinski definition) is 7. The van der Waals surface area contributed by atoms with Crippen LogP contribution in [0.15, 0.2) is 24.3 Å². The monoisotopic (exact) mass is 495 g/mol. The van der Waals surface area contributed by atoms with E-state index in [1.54, 1.807) is 21.3 Å². The Morgan fingerprint density at radius 2 is 2.00 bits per heavy atom. The average Bonchev–Trinajstić information content (AvgIpc) is 2.92. The van der Waals surface area contributed by atoms with Gasteiger partial charge in [0.15, 0.2) is 0 Å². The van der Waals surface area contributed by atoms with Gasteiger partial charge in [0.2, 0.25) is 17.7 Å². The van der Waals surface area contributed by atoms with Crippen LogP contribution in [0.25, 0.3) is 5.57 Å². The molecule has 0 bridgehead atoms. The number of rotatable bonds is 5. The second-order valence-corrected chi connectivity index (χ2v) is 9.67. The van der Waals surface area contributed by atoms with Gasteiger partial charge in [0.25, 0.3) is 0 Å². The molecule has 192 valence electrons. The van der Waals surface area contributed by atoms with Crippen LogP contribution in [0.4, 0.5) is 0 Å². The fraction of sp³-hybridized carbons (Fsp3) is 0.538. The molecule has 3 amide bonds. The topological polar surface area (TPSA) is 135 Å². The van der Waals surface area contributed by atoms with Gasteiger partial charge in [-0.05, 0) is 61.1 Å². The van der Waals surface area contributed by atoms with Crippen LogP contribution < -0.4 is 10.8 Å². The van der Waals surface area contributed by atoms with Gasteiger partial charge in [-0.1, -0.05) is 12.1 Å². The molecule has 3 heterocycles. The van der Waals surface area contributed by atoms with Crippen molar-refractivity contribution in [3.63, 3.8) is 0 Å². The highest BCUT2D eigenvalue weighted by Crippen LogP contribution is 2.29. The van der Waals surface area contributed by atoms with Gasteiger partial charge < -0.3 is 19.9 Å². The van der Waals surface area contributed by atoms with E-state index in [-0.39, 0.29) is 24.2 Å². The van der Waals surface area contributed by atoms with Gasteiger partial charge >= 0.3 is 0 Å². The van der Waals surface area contributed by atoms with Crippen molar-refractivity contribution < 1.29 is 24.3 Å². The number of hydrogen-bond donors (Lipinski definition) is 3. The number of carbonyl (C=O) groups excluding carboxylic acids is 3. The molecule has 1 aromatic rings. The predicted octanol–water partition coefficient (Wildman–Crippen LogP) is 0.831. The normalized spacial score (nSPS) is 24.5. The minimum atomic E-state index is -0.773. The number of carbonyl (C=O) groups is 3. The van der Waals surface area contributed by atoms with E-state index < -0.39 is 17.9 Å². The van der Waals surface area contributed by atoms with Crippen molar-refractivity contribution in [2.45, 2.75) is 32.2 Å². The molecule has 36 heavy (non-hydrogen) atoms. The van der Waals surface area contributed by atoms with Crippen LogP contribution in [-0.4, -0.2) is 84.7 Å². The third-order valence-electron chi connectivity index (χ3n) is 7.38. The maximum atomic E-state index is 13.4. The largest absolute Gasteiger partial charge is 0.378 e. The molecule has 10 nitrogen and oxygen atoms in total. The number of benzene rings is 1. The van der Waals surface area contributed by atoms with E-state index in [0.717, 1.165) is 16.7 Å². The fourth-order valence-electron chi connectivity index (χ4n) is 5.36. The van der Waals surface area contributed by atoms with E-state index in [1.807, 2.05) is 25.1 Å². The number of nitrogens with one attached hydrogen (secondary N) is 2. The molecule has 3 atom stereocenters. The second kappa shape index (κ2) is 11.6. The number of ether oxygens (including phenoxy) is 1. The molecular formula is C26H33N5O5. The maximum absolute atomic E-state index is 13.4. The summed E-state index contributed by atoms with van der Waals surface area (Å²) < 4.78 is 5.30. The predicted molar refractivity (Wildman–Crippen MR) is 130 cm³/mol. The number of hydroxylamine groups is 1. The Bertz CT molecular complexity index is 1070. The summed E-state index contributed by atoms with van der Waals surface area (Å²) in [6.07, 6.45) is 3.30. The highest BCUT2D eigenvalue weighted by molar-refractivity contribution is 5.90. The highest BCUT2D eigenvalue weighted by Gasteiger charge is 2.41. The van der Waals surface area contributed by atoms with Crippen LogP contribution in [0.1, 0.15) is 36.0 Å². The lowest BCUT2D eigenvalue weighted by molar-refractivity contribution is -0.145. The Morgan fingerprint density at radius 3 is 2.64 bits per heavy atom. The molecule has 2 saturated heterocycles. The van der Waals surface area contributed by atoms with Crippen LogP contribution in [0.3, 0.4) is 0 Å². The molecule has 0 saturated carbocycles. The first kappa shape index (κ1) is 25.8. The van der Waals surface area contributed by atoms with Crippen molar-refractivity contribution >= 4 is 23.3 Å².